The van der Waals surface area contributed by atoms with E-state index in [9.17, 15) is 0 Å². The highest BCUT2D eigenvalue weighted by atomic mass is 79.9. The van der Waals surface area contributed by atoms with Crippen molar-refractivity contribution in [2.24, 2.45) is 10.7 Å². The van der Waals surface area contributed by atoms with E-state index in [0.717, 1.165) is 23.4 Å². The minimum Gasteiger partial charge on any atom is -0.370 e. The first-order chi connectivity index (χ1) is 8.67. The lowest BCUT2D eigenvalue weighted by Crippen LogP contribution is -2.50. The average Bonchev–Trinajstić information content (AvgIpc) is 3.15. The first-order valence-electron chi connectivity index (χ1n) is 6.52. The van der Waals surface area contributed by atoms with Crippen LogP contribution in [0.25, 0.3) is 0 Å². The van der Waals surface area contributed by atoms with Crippen LogP contribution >= 0.6 is 15.9 Å². The predicted molar refractivity (Wildman–Crippen MR) is 77.5 cm³/mol. The normalized spacial score (nSPS) is 27.4. The number of halogens is 1. The molecule has 0 amide bonds. The number of guanidine groups is 1. The largest absolute Gasteiger partial charge is 0.370 e. The second kappa shape index (κ2) is 4.26. The predicted octanol–water partition coefficient (Wildman–Crippen LogP) is 2.85. The fraction of sp³-hybridized carbons (Fsp3) is 0.500. The lowest BCUT2D eigenvalue weighted by molar-refractivity contribution is 0.185. The molecule has 3 nitrogen and oxygen atoms in total. The lowest BCUT2D eigenvalue weighted by Gasteiger charge is -2.39. The van der Waals surface area contributed by atoms with Crippen molar-refractivity contribution < 1.29 is 0 Å². The number of hydrogen-bond donors (Lipinski definition) is 1. The Hall–Kier alpha value is -1.03. The molecular formula is C14H18BrN3. The first kappa shape index (κ1) is 12.0. The first-order valence-corrected chi connectivity index (χ1v) is 7.32. The van der Waals surface area contributed by atoms with Gasteiger partial charge in [0, 0.05) is 10.5 Å². The Balaban J connectivity index is 2.01. The minimum atomic E-state index is -0.0219. The third-order valence-corrected chi connectivity index (χ3v) is 4.62. The lowest BCUT2D eigenvalue weighted by atomic mass is 9.86. The molecule has 1 aliphatic carbocycles. The van der Waals surface area contributed by atoms with Gasteiger partial charge in [-0.1, -0.05) is 35.0 Å². The molecule has 2 N–H and O–H groups in total. The molecule has 0 aromatic heterocycles. The number of nitrogens with two attached hydrogens (primary N) is 1. The van der Waals surface area contributed by atoms with Gasteiger partial charge in [0.05, 0.1) is 12.1 Å². The monoisotopic (exact) mass is 307 g/mol. The van der Waals surface area contributed by atoms with Crippen LogP contribution in [-0.4, -0.2) is 23.4 Å². The molecule has 96 valence electrons. The highest BCUT2D eigenvalue weighted by Crippen LogP contribution is 2.43. The molecule has 1 aliphatic heterocycles. The van der Waals surface area contributed by atoms with Crippen LogP contribution in [0.2, 0.25) is 0 Å². The van der Waals surface area contributed by atoms with Crippen molar-refractivity contribution in [2.75, 3.05) is 6.54 Å². The van der Waals surface area contributed by atoms with Crippen LogP contribution in [0.15, 0.2) is 33.7 Å². The van der Waals surface area contributed by atoms with E-state index in [2.05, 4.69) is 57.0 Å². The number of benzene rings is 1. The molecule has 0 spiro atoms. The van der Waals surface area contributed by atoms with Crippen molar-refractivity contribution in [3.63, 3.8) is 0 Å². The van der Waals surface area contributed by atoms with Gasteiger partial charge in [-0.2, -0.15) is 0 Å². The van der Waals surface area contributed by atoms with Crippen LogP contribution in [-0.2, 0) is 5.54 Å². The highest BCUT2D eigenvalue weighted by molar-refractivity contribution is 9.10. The Labute approximate surface area is 116 Å². The molecule has 1 heterocycles. The molecule has 18 heavy (non-hydrogen) atoms. The van der Waals surface area contributed by atoms with Gasteiger partial charge in [0.2, 0.25) is 0 Å². The van der Waals surface area contributed by atoms with Gasteiger partial charge in [-0.05, 0) is 37.0 Å². The molecular weight excluding hydrogens is 290 g/mol. The average molecular weight is 308 g/mol. The number of aliphatic imine (C=N–C) groups is 1. The van der Waals surface area contributed by atoms with Gasteiger partial charge in [-0.15, -0.1) is 0 Å². The molecule has 4 heteroatoms. The van der Waals surface area contributed by atoms with Crippen LogP contribution in [0.5, 0.6) is 0 Å². The minimum absolute atomic E-state index is 0.0219. The Morgan fingerprint density at radius 1 is 1.39 bits per heavy atom. The summed E-state index contributed by atoms with van der Waals surface area (Å²) in [5.41, 5.74) is 7.41. The molecule has 3 rings (SSSR count). The number of rotatable bonds is 3. The Bertz CT molecular complexity index is 478. The fourth-order valence-electron chi connectivity index (χ4n) is 2.93. The van der Waals surface area contributed by atoms with Gasteiger partial charge in [-0.25, -0.2) is 0 Å². The molecule has 1 atom stereocenters. The van der Waals surface area contributed by atoms with E-state index >= 15 is 0 Å². The third kappa shape index (κ3) is 1.74. The van der Waals surface area contributed by atoms with Crippen molar-refractivity contribution in [3.8, 4) is 0 Å². The summed E-state index contributed by atoms with van der Waals surface area (Å²) in [6, 6.07) is 9.19. The summed E-state index contributed by atoms with van der Waals surface area (Å²) in [5, 5.41) is 0. The van der Waals surface area contributed by atoms with E-state index in [4.69, 9.17) is 5.73 Å². The van der Waals surface area contributed by atoms with Gasteiger partial charge in [0.1, 0.15) is 0 Å². The smallest absolute Gasteiger partial charge is 0.192 e. The molecule has 1 aromatic carbocycles. The van der Waals surface area contributed by atoms with Crippen LogP contribution < -0.4 is 5.73 Å². The van der Waals surface area contributed by atoms with E-state index in [1.54, 1.807) is 0 Å². The summed E-state index contributed by atoms with van der Waals surface area (Å²) in [5.74, 6) is 0.724. The molecule has 1 aromatic rings. The number of hydrogen-bond acceptors (Lipinski definition) is 3. The summed E-state index contributed by atoms with van der Waals surface area (Å²) in [7, 11) is 0. The van der Waals surface area contributed by atoms with Crippen molar-refractivity contribution in [1.82, 2.24) is 4.90 Å². The molecule has 1 fully saturated rings. The SMILES string of the molecule is CCC1(c2ccc(Br)cc2)CN=C(N)N1C1CC1. The van der Waals surface area contributed by atoms with E-state index in [-0.39, 0.29) is 5.54 Å². The summed E-state index contributed by atoms with van der Waals surface area (Å²) in [6.45, 7) is 3.01. The van der Waals surface area contributed by atoms with Gasteiger partial charge in [0.15, 0.2) is 5.96 Å². The third-order valence-electron chi connectivity index (χ3n) is 4.09. The second-order valence-electron chi connectivity index (χ2n) is 5.17. The molecule has 1 unspecified atom stereocenters. The number of nitrogens with zero attached hydrogens (tertiary/aromatic N) is 2. The maximum atomic E-state index is 6.10. The highest BCUT2D eigenvalue weighted by Gasteiger charge is 2.48. The topological polar surface area (TPSA) is 41.6 Å². The van der Waals surface area contributed by atoms with E-state index in [1.165, 1.54) is 18.4 Å². The molecule has 0 radical (unpaired) electrons. The zero-order valence-electron chi connectivity index (χ0n) is 10.6. The van der Waals surface area contributed by atoms with Gasteiger partial charge >= 0.3 is 0 Å². The van der Waals surface area contributed by atoms with Gasteiger partial charge < -0.3 is 10.6 Å². The van der Waals surface area contributed by atoms with E-state index in [1.807, 2.05) is 0 Å². The van der Waals surface area contributed by atoms with Crippen molar-refractivity contribution in [2.45, 2.75) is 37.8 Å². The summed E-state index contributed by atoms with van der Waals surface area (Å²) >= 11 is 3.49. The maximum Gasteiger partial charge on any atom is 0.192 e. The van der Waals surface area contributed by atoms with Crippen molar-refractivity contribution >= 4 is 21.9 Å². The zero-order valence-corrected chi connectivity index (χ0v) is 12.2. The molecule has 2 aliphatic rings. The van der Waals surface area contributed by atoms with Crippen LogP contribution in [0.1, 0.15) is 31.7 Å². The van der Waals surface area contributed by atoms with E-state index < -0.39 is 0 Å². The summed E-state index contributed by atoms with van der Waals surface area (Å²) in [6.07, 6.45) is 3.53. The Morgan fingerprint density at radius 3 is 2.61 bits per heavy atom. The summed E-state index contributed by atoms with van der Waals surface area (Å²) in [4.78, 5) is 6.87. The standard InChI is InChI=1S/C14H18BrN3/c1-2-14(10-3-5-11(15)6-4-10)9-17-13(16)18(14)12-7-8-12/h3-6,12H,2,7-9H2,1H3,(H2,16,17). The quantitative estimate of drug-likeness (QED) is 0.933. The van der Waals surface area contributed by atoms with E-state index in [0.29, 0.717) is 6.04 Å². The Kier molecular flexibility index (Phi) is 2.85. The molecule has 1 saturated carbocycles. The van der Waals surface area contributed by atoms with Crippen molar-refractivity contribution in [1.29, 1.82) is 0 Å². The summed E-state index contributed by atoms with van der Waals surface area (Å²) < 4.78 is 1.11. The van der Waals surface area contributed by atoms with Crippen LogP contribution in [0.3, 0.4) is 0 Å². The van der Waals surface area contributed by atoms with Gasteiger partial charge in [-0.3, -0.25) is 4.99 Å². The van der Waals surface area contributed by atoms with Gasteiger partial charge in [0.25, 0.3) is 0 Å². The molecule has 0 bridgehead atoms. The fourth-order valence-corrected chi connectivity index (χ4v) is 3.19. The van der Waals surface area contributed by atoms with Crippen LogP contribution in [0, 0.1) is 0 Å². The van der Waals surface area contributed by atoms with Crippen molar-refractivity contribution in [3.05, 3.63) is 34.3 Å². The zero-order chi connectivity index (χ0) is 12.8. The Morgan fingerprint density at radius 2 is 2.06 bits per heavy atom. The molecule has 0 saturated heterocycles. The van der Waals surface area contributed by atoms with Crippen LogP contribution in [0.4, 0.5) is 0 Å². The maximum absolute atomic E-state index is 6.10. The second-order valence-corrected chi connectivity index (χ2v) is 6.08.